The summed E-state index contributed by atoms with van der Waals surface area (Å²) in [4.78, 5) is 0. The third-order valence-electron chi connectivity index (χ3n) is 0. The molecule has 0 aliphatic heterocycles. The van der Waals surface area contributed by atoms with Crippen LogP contribution in [0.4, 0.5) is 0 Å². The first-order chi connectivity index (χ1) is 0. The van der Waals surface area contributed by atoms with Crippen LogP contribution in [0.2, 0.25) is 0 Å². The predicted molar refractivity (Wildman–Crippen MR) is 6.73 cm³/mol. The third kappa shape index (κ3) is 9.77. The van der Waals surface area contributed by atoms with Gasteiger partial charge in [-0.3, -0.25) is 0 Å². The van der Waals surface area contributed by atoms with Gasteiger partial charge in [0.05, 0.1) is 0 Å². The van der Waals surface area contributed by atoms with E-state index in [-0.39, 0.29) is 58.5 Å². The van der Waals surface area contributed by atoms with Gasteiger partial charge in [-0.25, -0.2) is 0 Å². The minimum atomic E-state index is 0. The van der Waals surface area contributed by atoms with Gasteiger partial charge in [-0.2, -0.15) is 0 Å². The molecule has 0 aromatic heterocycles. The summed E-state index contributed by atoms with van der Waals surface area (Å²) in [5.74, 6) is 0. The quantitative estimate of drug-likeness (QED) is 0.370. The fourth-order valence-electron chi connectivity index (χ4n) is 0. The minimum Gasteiger partial charge on any atom is -1.00 e. The number of hydrogen-bond acceptors (Lipinski definition) is 0. The van der Waals surface area contributed by atoms with Gasteiger partial charge in [-0.15, -0.1) is 0 Å². The third-order valence-corrected chi connectivity index (χ3v) is 0. The van der Waals surface area contributed by atoms with Gasteiger partial charge in [-0.1, -0.05) is 7.43 Å². The van der Waals surface area contributed by atoms with Crippen LogP contribution in [-0.2, 0) is 17.1 Å². The zero-order chi connectivity index (χ0) is 0. The summed E-state index contributed by atoms with van der Waals surface area (Å²) in [7, 11) is 0. The van der Waals surface area contributed by atoms with Crippen LogP contribution in [0.15, 0.2) is 0 Å². The molecule has 3 heteroatoms. The molecule has 0 heterocycles. The largest absolute Gasteiger partial charge is 2.00 e. The predicted octanol–water partition coefficient (Wildman–Crippen LogP) is -5.36. The molecule has 33 valence electrons. The van der Waals surface area contributed by atoms with Crippen molar-refractivity contribution in [2.75, 3.05) is 0 Å². The van der Waals surface area contributed by atoms with Gasteiger partial charge >= 0.3 is 17.1 Å². The van der Waals surface area contributed by atoms with Gasteiger partial charge in [0.1, 0.15) is 0 Å². The van der Waals surface area contributed by atoms with E-state index < -0.39 is 0 Å². The van der Waals surface area contributed by atoms with Gasteiger partial charge in [0.25, 0.3) is 0 Å². The van der Waals surface area contributed by atoms with E-state index in [1.807, 2.05) is 0 Å². The molecule has 0 amide bonds. The van der Waals surface area contributed by atoms with Gasteiger partial charge < -0.3 is 34.0 Å². The number of halogens is 2. The van der Waals surface area contributed by atoms with Crippen molar-refractivity contribution in [3.63, 3.8) is 0 Å². The summed E-state index contributed by atoms with van der Waals surface area (Å²) in [6, 6.07) is 0. The van der Waals surface area contributed by atoms with Crippen molar-refractivity contribution in [1.29, 1.82) is 0 Å². The summed E-state index contributed by atoms with van der Waals surface area (Å²) in [5.41, 5.74) is 0. The van der Waals surface area contributed by atoms with E-state index in [2.05, 4.69) is 0 Å². The Balaban J connectivity index is 0. The van der Waals surface area contributed by atoms with Gasteiger partial charge in [0.15, 0.2) is 0 Å². The van der Waals surface area contributed by atoms with Crippen LogP contribution < -0.4 is 34.0 Å². The normalized spacial score (nSPS) is 0. The van der Waals surface area contributed by atoms with E-state index in [0.717, 1.165) is 0 Å². The summed E-state index contributed by atoms with van der Waals surface area (Å²) in [6.45, 7) is 0. The van der Waals surface area contributed by atoms with Crippen molar-refractivity contribution in [2.45, 2.75) is 7.43 Å². The van der Waals surface area contributed by atoms with E-state index in [4.69, 9.17) is 0 Å². The molecule has 0 fully saturated rings. The van der Waals surface area contributed by atoms with Gasteiger partial charge in [-0.05, 0) is 0 Å². The van der Waals surface area contributed by atoms with Crippen LogP contribution in [0.25, 0.3) is 0 Å². The van der Waals surface area contributed by atoms with Gasteiger partial charge in [0, 0.05) is 0 Å². The van der Waals surface area contributed by atoms with Crippen LogP contribution >= 0.6 is 0 Å². The fraction of sp³-hybridized carbons (Fsp3) is 1.00. The number of hydrogen-bond donors (Lipinski definition) is 0. The molecular formula is CH4Br2Cu. The topological polar surface area (TPSA) is 0 Å². The second kappa shape index (κ2) is 24.8. The Kier molecular flexibility index (Phi) is 311. The van der Waals surface area contributed by atoms with Crippen molar-refractivity contribution in [1.82, 2.24) is 0 Å². The van der Waals surface area contributed by atoms with Crippen LogP contribution in [0, 0.1) is 0 Å². The first kappa shape index (κ1) is 50.2. The Morgan fingerprint density at radius 1 is 0.750 bits per heavy atom. The minimum absolute atomic E-state index is 0. The molecule has 0 aliphatic carbocycles. The Bertz CT molecular complexity index is 6.00. The Morgan fingerprint density at radius 3 is 0.750 bits per heavy atom. The number of rotatable bonds is 0. The van der Waals surface area contributed by atoms with Crippen LogP contribution in [0.3, 0.4) is 0 Å². The zero-order valence-corrected chi connectivity index (χ0v) is 5.17. The maximum atomic E-state index is 0. The zero-order valence-electron chi connectivity index (χ0n) is 1.06. The van der Waals surface area contributed by atoms with E-state index in [0.29, 0.717) is 0 Å². The molecule has 0 aromatic carbocycles. The summed E-state index contributed by atoms with van der Waals surface area (Å²) < 4.78 is 0. The van der Waals surface area contributed by atoms with E-state index in [1.54, 1.807) is 0 Å². The maximum Gasteiger partial charge on any atom is 2.00 e. The molecule has 0 unspecified atom stereocenters. The SMILES string of the molecule is C.[Br-].[Br-].[Cu+2]. The molecule has 0 bridgehead atoms. The van der Waals surface area contributed by atoms with Crippen molar-refractivity contribution in [2.24, 2.45) is 0 Å². The van der Waals surface area contributed by atoms with E-state index >= 15 is 0 Å². The molecular weight excluding hydrogens is 235 g/mol. The first-order valence-corrected chi connectivity index (χ1v) is 0. The fourth-order valence-corrected chi connectivity index (χ4v) is 0. The molecule has 0 atom stereocenters. The van der Waals surface area contributed by atoms with Crippen molar-refractivity contribution < 1.29 is 51.0 Å². The average molecular weight is 239 g/mol. The first-order valence-electron chi connectivity index (χ1n) is 0. The van der Waals surface area contributed by atoms with E-state index in [1.165, 1.54) is 0 Å². The van der Waals surface area contributed by atoms with E-state index in [9.17, 15) is 0 Å². The Hall–Kier alpha value is 1.48. The second-order valence-electron chi connectivity index (χ2n) is 0. The molecule has 0 N–H and O–H groups in total. The average Bonchev–Trinajstić information content (AvgIpc) is 0. The van der Waals surface area contributed by atoms with Crippen LogP contribution in [0.1, 0.15) is 7.43 Å². The molecule has 0 spiro atoms. The molecule has 4 heavy (non-hydrogen) atoms. The van der Waals surface area contributed by atoms with Crippen molar-refractivity contribution in [3.8, 4) is 0 Å². The molecule has 0 saturated carbocycles. The molecule has 0 aromatic rings. The van der Waals surface area contributed by atoms with Crippen molar-refractivity contribution >= 4 is 0 Å². The molecule has 0 aliphatic rings. The monoisotopic (exact) mass is 237 g/mol. The second-order valence-corrected chi connectivity index (χ2v) is 0. The smallest absolute Gasteiger partial charge is 1.00 e. The Morgan fingerprint density at radius 2 is 0.750 bits per heavy atom. The van der Waals surface area contributed by atoms with Crippen LogP contribution in [0.5, 0.6) is 0 Å². The van der Waals surface area contributed by atoms with Crippen LogP contribution in [-0.4, -0.2) is 0 Å². The molecule has 0 nitrogen and oxygen atoms in total. The van der Waals surface area contributed by atoms with Crippen molar-refractivity contribution in [3.05, 3.63) is 0 Å². The molecule has 0 rings (SSSR count). The van der Waals surface area contributed by atoms with Gasteiger partial charge in [0.2, 0.25) is 0 Å². The Labute approximate surface area is 58.4 Å². The summed E-state index contributed by atoms with van der Waals surface area (Å²) in [6.07, 6.45) is 0. The molecule has 0 saturated heterocycles. The maximum absolute atomic E-state index is 0. The standard InChI is InChI=1S/CH4.2BrH.Cu/h1H4;2*1H;/q;;;+2/p-2. The molecule has 1 radical (unpaired) electrons. The summed E-state index contributed by atoms with van der Waals surface area (Å²) >= 11 is 0. The summed E-state index contributed by atoms with van der Waals surface area (Å²) in [5, 5.41) is 0.